The van der Waals surface area contributed by atoms with E-state index in [0.29, 0.717) is 17.4 Å². The molecule has 0 unspecified atom stereocenters. The molecule has 0 spiro atoms. The van der Waals surface area contributed by atoms with Gasteiger partial charge in [0.1, 0.15) is 0 Å². The molecule has 0 radical (unpaired) electrons. The molecular formula is C16H16N4O3. The largest absolute Gasteiger partial charge is 0.493 e. The number of methoxy groups -OCH3 is 2. The summed E-state index contributed by atoms with van der Waals surface area (Å²) in [6.45, 7) is 1.89. The summed E-state index contributed by atoms with van der Waals surface area (Å²) in [4.78, 5) is 4.21. The first-order valence-corrected chi connectivity index (χ1v) is 6.96. The lowest BCUT2D eigenvalue weighted by Gasteiger charge is -2.09. The second-order valence-corrected chi connectivity index (χ2v) is 4.74. The molecule has 2 heterocycles. The normalized spacial score (nSPS) is 10.4. The zero-order chi connectivity index (χ0) is 16.2. The van der Waals surface area contributed by atoms with Gasteiger partial charge in [0.05, 0.1) is 19.8 Å². The number of pyridine rings is 1. The molecule has 0 atom stereocenters. The Hall–Kier alpha value is -3.09. The van der Waals surface area contributed by atoms with Crippen LogP contribution in [0.15, 0.2) is 40.9 Å². The van der Waals surface area contributed by atoms with Crippen LogP contribution in [0.5, 0.6) is 11.5 Å². The summed E-state index contributed by atoms with van der Waals surface area (Å²) in [5.74, 6) is 1.68. The number of rotatable bonds is 5. The fourth-order valence-corrected chi connectivity index (χ4v) is 2.13. The van der Waals surface area contributed by atoms with Crippen LogP contribution in [0.25, 0.3) is 11.5 Å². The fourth-order valence-electron chi connectivity index (χ4n) is 2.13. The molecule has 0 aliphatic heterocycles. The lowest BCUT2D eigenvalue weighted by atomic mass is 10.2. The van der Waals surface area contributed by atoms with E-state index < -0.39 is 0 Å². The molecule has 7 heteroatoms. The molecule has 0 aliphatic rings. The lowest BCUT2D eigenvalue weighted by molar-refractivity contribution is 0.355. The minimum Gasteiger partial charge on any atom is -0.493 e. The maximum absolute atomic E-state index is 5.64. The van der Waals surface area contributed by atoms with Gasteiger partial charge in [0.25, 0.3) is 5.89 Å². The Labute approximate surface area is 133 Å². The van der Waals surface area contributed by atoms with E-state index in [1.165, 1.54) is 0 Å². The Kier molecular flexibility index (Phi) is 4.09. The third-order valence-electron chi connectivity index (χ3n) is 3.30. The van der Waals surface area contributed by atoms with Crippen LogP contribution in [0, 0.1) is 6.92 Å². The van der Waals surface area contributed by atoms with Crippen molar-refractivity contribution >= 4 is 11.7 Å². The first kappa shape index (κ1) is 14.8. The van der Waals surface area contributed by atoms with E-state index in [-0.39, 0.29) is 6.01 Å². The standard InChI is InChI=1S/C16H16N4O3/c1-10-12(5-4-8-17-10)15-19-20-16(23-15)18-11-6-7-13(21-2)14(9-11)22-3/h4-9H,1-3H3,(H,18,20). The van der Waals surface area contributed by atoms with Crippen LogP contribution >= 0.6 is 0 Å². The van der Waals surface area contributed by atoms with Gasteiger partial charge in [0, 0.05) is 23.6 Å². The van der Waals surface area contributed by atoms with Crippen molar-refractivity contribution in [3.05, 3.63) is 42.2 Å². The lowest BCUT2D eigenvalue weighted by Crippen LogP contribution is -1.94. The number of nitrogens with zero attached hydrogens (tertiary/aromatic N) is 3. The van der Waals surface area contributed by atoms with E-state index in [2.05, 4.69) is 20.5 Å². The minimum absolute atomic E-state index is 0.287. The number of nitrogens with one attached hydrogen (secondary N) is 1. The van der Waals surface area contributed by atoms with Crippen molar-refractivity contribution in [1.82, 2.24) is 15.2 Å². The molecule has 0 aliphatic carbocycles. The van der Waals surface area contributed by atoms with Gasteiger partial charge in [0.15, 0.2) is 11.5 Å². The highest BCUT2D eigenvalue weighted by Crippen LogP contribution is 2.31. The smallest absolute Gasteiger partial charge is 0.320 e. The number of aromatic nitrogens is 3. The van der Waals surface area contributed by atoms with Crippen LogP contribution in [-0.2, 0) is 0 Å². The molecule has 23 heavy (non-hydrogen) atoms. The molecule has 1 N–H and O–H groups in total. The third-order valence-corrected chi connectivity index (χ3v) is 3.30. The summed E-state index contributed by atoms with van der Waals surface area (Å²) in [6.07, 6.45) is 1.72. The van der Waals surface area contributed by atoms with Crippen LogP contribution < -0.4 is 14.8 Å². The van der Waals surface area contributed by atoms with Gasteiger partial charge in [-0.25, -0.2) is 0 Å². The Bertz CT molecular complexity index is 817. The summed E-state index contributed by atoms with van der Waals surface area (Å²) in [7, 11) is 3.17. The topological polar surface area (TPSA) is 82.3 Å². The van der Waals surface area contributed by atoms with Gasteiger partial charge < -0.3 is 19.2 Å². The van der Waals surface area contributed by atoms with Gasteiger partial charge in [-0.1, -0.05) is 5.10 Å². The molecule has 0 bridgehead atoms. The summed E-state index contributed by atoms with van der Waals surface area (Å²) in [5, 5.41) is 11.1. The van der Waals surface area contributed by atoms with Gasteiger partial charge in [-0.05, 0) is 31.2 Å². The SMILES string of the molecule is COc1ccc(Nc2nnc(-c3cccnc3C)o2)cc1OC. The predicted octanol–water partition coefficient (Wildman–Crippen LogP) is 3.20. The molecule has 7 nitrogen and oxygen atoms in total. The first-order chi connectivity index (χ1) is 11.2. The van der Waals surface area contributed by atoms with Crippen molar-refractivity contribution in [3.8, 4) is 23.0 Å². The third kappa shape index (κ3) is 3.08. The molecule has 3 rings (SSSR count). The van der Waals surface area contributed by atoms with Crippen molar-refractivity contribution in [1.29, 1.82) is 0 Å². The number of aryl methyl sites for hydroxylation is 1. The maximum Gasteiger partial charge on any atom is 0.320 e. The van der Waals surface area contributed by atoms with Crippen LogP contribution in [-0.4, -0.2) is 29.4 Å². The Balaban J connectivity index is 1.83. The molecule has 118 valence electrons. The van der Waals surface area contributed by atoms with E-state index >= 15 is 0 Å². The molecule has 1 aromatic carbocycles. The second-order valence-electron chi connectivity index (χ2n) is 4.74. The van der Waals surface area contributed by atoms with Crippen molar-refractivity contribution in [2.75, 3.05) is 19.5 Å². The van der Waals surface area contributed by atoms with Crippen LogP contribution in [0.4, 0.5) is 11.7 Å². The van der Waals surface area contributed by atoms with Gasteiger partial charge in [-0.3, -0.25) is 4.98 Å². The molecule has 0 saturated carbocycles. The van der Waals surface area contributed by atoms with Crippen LogP contribution in [0.1, 0.15) is 5.69 Å². The predicted molar refractivity (Wildman–Crippen MR) is 85.1 cm³/mol. The van der Waals surface area contributed by atoms with Crippen molar-refractivity contribution in [2.24, 2.45) is 0 Å². The van der Waals surface area contributed by atoms with E-state index in [4.69, 9.17) is 13.9 Å². The highest BCUT2D eigenvalue weighted by molar-refractivity contribution is 5.61. The Morgan fingerprint density at radius 1 is 1.04 bits per heavy atom. The van der Waals surface area contributed by atoms with E-state index in [1.807, 2.05) is 25.1 Å². The highest BCUT2D eigenvalue weighted by atomic mass is 16.5. The van der Waals surface area contributed by atoms with Gasteiger partial charge in [0.2, 0.25) is 0 Å². The van der Waals surface area contributed by atoms with Crippen LogP contribution in [0.3, 0.4) is 0 Å². The zero-order valence-corrected chi connectivity index (χ0v) is 13.0. The molecule has 0 saturated heterocycles. The highest BCUT2D eigenvalue weighted by Gasteiger charge is 2.12. The zero-order valence-electron chi connectivity index (χ0n) is 13.0. The Morgan fingerprint density at radius 3 is 2.61 bits per heavy atom. The monoisotopic (exact) mass is 312 g/mol. The van der Waals surface area contributed by atoms with Crippen LogP contribution in [0.2, 0.25) is 0 Å². The number of anilines is 2. The number of hydrogen-bond donors (Lipinski definition) is 1. The van der Waals surface area contributed by atoms with Crippen molar-refractivity contribution in [3.63, 3.8) is 0 Å². The van der Waals surface area contributed by atoms with Gasteiger partial charge in [-0.15, -0.1) is 5.10 Å². The number of hydrogen-bond acceptors (Lipinski definition) is 7. The first-order valence-electron chi connectivity index (χ1n) is 6.96. The van der Waals surface area contributed by atoms with E-state index in [0.717, 1.165) is 16.9 Å². The molecular weight excluding hydrogens is 296 g/mol. The second kappa shape index (κ2) is 6.35. The average Bonchev–Trinajstić information content (AvgIpc) is 3.03. The van der Waals surface area contributed by atoms with Gasteiger partial charge >= 0.3 is 6.01 Å². The summed E-state index contributed by atoms with van der Waals surface area (Å²) >= 11 is 0. The van der Waals surface area contributed by atoms with Crippen molar-refractivity contribution < 1.29 is 13.9 Å². The van der Waals surface area contributed by atoms with Gasteiger partial charge in [-0.2, -0.15) is 0 Å². The number of benzene rings is 1. The Morgan fingerprint density at radius 2 is 1.87 bits per heavy atom. The summed E-state index contributed by atoms with van der Waals surface area (Å²) in [6, 6.07) is 9.42. The maximum atomic E-state index is 5.64. The minimum atomic E-state index is 0.287. The fraction of sp³-hybridized carbons (Fsp3) is 0.188. The molecule has 0 amide bonds. The number of ether oxygens (including phenoxy) is 2. The molecule has 0 fully saturated rings. The van der Waals surface area contributed by atoms with E-state index in [9.17, 15) is 0 Å². The van der Waals surface area contributed by atoms with Crippen molar-refractivity contribution in [2.45, 2.75) is 6.92 Å². The average molecular weight is 312 g/mol. The van der Waals surface area contributed by atoms with E-state index in [1.54, 1.807) is 32.5 Å². The summed E-state index contributed by atoms with van der Waals surface area (Å²) < 4.78 is 16.1. The molecule has 2 aromatic heterocycles. The summed E-state index contributed by atoms with van der Waals surface area (Å²) in [5.41, 5.74) is 2.38. The quantitative estimate of drug-likeness (QED) is 0.774. The molecule has 3 aromatic rings.